The zero-order valence-electron chi connectivity index (χ0n) is 13.7. The van der Waals surface area contributed by atoms with Crippen LogP contribution in [0.2, 0.25) is 0 Å². The summed E-state index contributed by atoms with van der Waals surface area (Å²) in [6, 6.07) is 9.23. The van der Waals surface area contributed by atoms with Crippen molar-refractivity contribution in [2.24, 2.45) is 0 Å². The third-order valence-electron chi connectivity index (χ3n) is 4.09. The van der Waals surface area contributed by atoms with Crippen molar-refractivity contribution < 1.29 is 28.2 Å². The summed E-state index contributed by atoms with van der Waals surface area (Å²) in [5.41, 5.74) is 1.09. The highest BCUT2D eigenvalue weighted by Gasteiger charge is 2.27. The van der Waals surface area contributed by atoms with Gasteiger partial charge >= 0.3 is 0 Å². The number of nitrogens with zero attached hydrogens (tertiary/aromatic N) is 1. The Balaban J connectivity index is 1.42. The molecule has 0 bridgehead atoms. The molecule has 2 aliphatic heterocycles. The Morgan fingerprint density at radius 3 is 2.77 bits per heavy atom. The third-order valence-corrected chi connectivity index (χ3v) is 4.09. The van der Waals surface area contributed by atoms with E-state index in [-0.39, 0.29) is 38.1 Å². The molecule has 2 heterocycles. The van der Waals surface area contributed by atoms with Crippen LogP contribution in [0.1, 0.15) is 5.56 Å². The number of rotatable bonds is 4. The van der Waals surface area contributed by atoms with Crippen molar-refractivity contribution in [1.29, 1.82) is 0 Å². The van der Waals surface area contributed by atoms with E-state index in [1.807, 2.05) is 6.07 Å². The number of amides is 2. The van der Waals surface area contributed by atoms with Gasteiger partial charge in [0.15, 0.2) is 18.1 Å². The van der Waals surface area contributed by atoms with Crippen LogP contribution in [0.4, 0.5) is 10.1 Å². The summed E-state index contributed by atoms with van der Waals surface area (Å²) >= 11 is 0. The van der Waals surface area contributed by atoms with Gasteiger partial charge in [0, 0.05) is 12.6 Å². The molecule has 2 amide bonds. The van der Waals surface area contributed by atoms with Crippen molar-refractivity contribution in [2.75, 3.05) is 24.8 Å². The van der Waals surface area contributed by atoms with Crippen LogP contribution in [0.25, 0.3) is 0 Å². The Morgan fingerprint density at radius 1 is 1.08 bits per heavy atom. The maximum atomic E-state index is 13.5. The maximum absolute atomic E-state index is 13.5. The Kier molecular flexibility index (Phi) is 4.08. The zero-order chi connectivity index (χ0) is 18.1. The second-order valence-corrected chi connectivity index (χ2v) is 5.84. The van der Waals surface area contributed by atoms with Crippen LogP contribution in [-0.4, -0.2) is 31.8 Å². The molecule has 4 rings (SSSR count). The number of halogens is 1. The molecule has 26 heavy (non-hydrogen) atoms. The molecule has 2 aromatic rings. The van der Waals surface area contributed by atoms with E-state index >= 15 is 0 Å². The first-order chi connectivity index (χ1) is 12.6. The molecular formula is C18H15FN2O5. The van der Waals surface area contributed by atoms with E-state index in [2.05, 4.69) is 5.32 Å². The molecule has 0 atom stereocenters. The van der Waals surface area contributed by atoms with E-state index in [0.717, 1.165) is 5.56 Å². The lowest BCUT2D eigenvalue weighted by Gasteiger charge is -2.28. The Bertz CT molecular complexity index is 886. The highest BCUT2D eigenvalue weighted by Crippen LogP contribution is 2.33. The molecule has 0 fully saturated rings. The van der Waals surface area contributed by atoms with Crippen LogP contribution in [0.5, 0.6) is 17.2 Å². The van der Waals surface area contributed by atoms with E-state index in [4.69, 9.17) is 14.2 Å². The normalized spacial score (nSPS) is 14.7. The number of hydrogen-bond acceptors (Lipinski definition) is 5. The second kappa shape index (κ2) is 6.55. The summed E-state index contributed by atoms with van der Waals surface area (Å²) in [4.78, 5) is 25.6. The lowest BCUT2D eigenvalue weighted by Crippen LogP contribution is -2.45. The Labute approximate surface area is 148 Å². The summed E-state index contributed by atoms with van der Waals surface area (Å²) in [5.74, 6) is 0.388. The molecule has 0 radical (unpaired) electrons. The number of carbonyl (C=O) groups excluding carboxylic acids is 2. The van der Waals surface area contributed by atoms with Crippen molar-refractivity contribution in [3.63, 3.8) is 0 Å². The lowest BCUT2D eigenvalue weighted by molar-refractivity contribution is -0.125. The first-order valence-corrected chi connectivity index (χ1v) is 7.98. The average Bonchev–Trinajstić information content (AvgIpc) is 3.10. The largest absolute Gasteiger partial charge is 0.482 e. The second-order valence-electron chi connectivity index (χ2n) is 5.84. The standard InChI is InChI=1S/C18H15FN2O5/c19-12-2-4-14-13(6-12)21(18(23)9-24-14)8-17(22)20-7-11-1-3-15-16(5-11)26-10-25-15/h1-6H,7-10H2,(H,20,22). The SMILES string of the molecule is O=C(CN1C(=O)COc2ccc(F)cc21)NCc1ccc2c(c1)OCO2. The quantitative estimate of drug-likeness (QED) is 0.898. The topological polar surface area (TPSA) is 77.1 Å². The molecule has 0 aliphatic carbocycles. The Morgan fingerprint density at radius 2 is 1.88 bits per heavy atom. The van der Waals surface area contributed by atoms with Gasteiger partial charge < -0.3 is 19.5 Å². The van der Waals surface area contributed by atoms with Crippen molar-refractivity contribution in [3.05, 3.63) is 47.8 Å². The van der Waals surface area contributed by atoms with E-state index in [9.17, 15) is 14.0 Å². The average molecular weight is 358 g/mol. The van der Waals surface area contributed by atoms with Gasteiger partial charge in [0.1, 0.15) is 18.1 Å². The maximum Gasteiger partial charge on any atom is 0.265 e. The molecule has 7 nitrogen and oxygen atoms in total. The first-order valence-electron chi connectivity index (χ1n) is 7.98. The van der Waals surface area contributed by atoms with Crippen molar-refractivity contribution in [3.8, 4) is 17.2 Å². The van der Waals surface area contributed by atoms with E-state index in [1.54, 1.807) is 12.1 Å². The molecule has 8 heteroatoms. The molecule has 0 spiro atoms. The highest BCUT2D eigenvalue weighted by molar-refractivity contribution is 6.02. The summed E-state index contributed by atoms with van der Waals surface area (Å²) < 4.78 is 29.3. The van der Waals surface area contributed by atoms with Gasteiger partial charge in [-0.15, -0.1) is 0 Å². The van der Waals surface area contributed by atoms with Gasteiger partial charge in [-0.1, -0.05) is 6.07 Å². The number of anilines is 1. The monoisotopic (exact) mass is 358 g/mol. The molecule has 0 saturated heterocycles. The summed E-state index contributed by atoms with van der Waals surface area (Å²) in [6.45, 7) is 0.0432. The fraction of sp³-hybridized carbons (Fsp3) is 0.222. The van der Waals surface area contributed by atoms with Gasteiger partial charge in [-0.2, -0.15) is 0 Å². The molecule has 0 unspecified atom stereocenters. The minimum Gasteiger partial charge on any atom is -0.482 e. The van der Waals surface area contributed by atoms with Gasteiger partial charge in [0.25, 0.3) is 5.91 Å². The van der Waals surface area contributed by atoms with Gasteiger partial charge in [0.05, 0.1) is 5.69 Å². The van der Waals surface area contributed by atoms with E-state index in [1.165, 1.54) is 23.1 Å². The van der Waals surface area contributed by atoms with Crippen LogP contribution in [-0.2, 0) is 16.1 Å². The predicted molar refractivity (Wildman–Crippen MR) is 88.7 cm³/mol. The van der Waals surface area contributed by atoms with Crippen LogP contribution < -0.4 is 24.4 Å². The smallest absolute Gasteiger partial charge is 0.265 e. The zero-order valence-corrected chi connectivity index (χ0v) is 13.7. The minimum absolute atomic E-state index is 0.181. The van der Waals surface area contributed by atoms with Crippen LogP contribution >= 0.6 is 0 Å². The number of ether oxygens (including phenoxy) is 3. The number of nitrogens with one attached hydrogen (secondary N) is 1. The molecular weight excluding hydrogens is 343 g/mol. The van der Waals surface area contributed by atoms with E-state index in [0.29, 0.717) is 17.2 Å². The minimum atomic E-state index is -0.507. The molecule has 134 valence electrons. The fourth-order valence-electron chi connectivity index (χ4n) is 2.80. The molecule has 0 saturated carbocycles. The van der Waals surface area contributed by atoms with Crippen LogP contribution in [0, 0.1) is 5.82 Å². The van der Waals surface area contributed by atoms with Gasteiger partial charge in [-0.25, -0.2) is 4.39 Å². The Hall–Kier alpha value is -3.29. The summed E-state index contributed by atoms with van der Waals surface area (Å²) in [5, 5.41) is 2.74. The van der Waals surface area contributed by atoms with Crippen molar-refractivity contribution in [2.45, 2.75) is 6.54 Å². The summed E-state index contributed by atoms with van der Waals surface area (Å²) in [7, 11) is 0. The third kappa shape index (κ3) is 3.13. The first kappa shape index (κ1) is 16.2. The van der Waals surface area contributed by atoms with Crippen LogP contribution in [0.15, 0.2) is 36.4 Å². The molecule has 2 aromatic carbocycles. The predicted octanol–water partition coefficient (Wildman–Crippen LogP) is 1.60. The van der Waals surface area contributed by atoms with Crippen molar-refractivity contribution in [1.82, 2.24) is 5.32 Å². The van der Waals surface area contributed by atoms with Crippen molar-refractivity contribution >= 4 is 17.5 Å². The summed E-state index contributed by atoms with van der Waals surface area (Å²) in [6.07, 6.45) is 0. The number of benzene rings is 2. The molecule has 1 N–H and O–H groups in total. The van der Waals surface area contributed by atoms with Gasteiger partial charge in [-0.05, 0) is 29.8 Å². The highest BCUT2D eigenvalue weighted by atomic mass is 19.1. The number of hydrogen-bond donors (Lipinski definition) is 1. The number of carbonyl (C=O) groups is 2. The fourth-order valence-corrected chi connectivity index (χ4v) is 2.80. The van der Waals surface area contributed by atoms with Gasteiger partial charge in [0.2, 0.25) is 12.7 Å². The molecule has 0 aromatic heterocycles. The molecule has 2 aliphatic rings. The van der Waals surface area contributed by atoms with Crippen LogP contribution in [0.3, 0.4) is 0 Å². The lowest BCUT2D eigenvalue weighted by atomic mass is 10.2. The number of fused-ring (bicyclic) bond motifs is 2. The van der Waals surface area contributed by atoms with Gasteiger partial charge in [-0.3, -0.25) is 14.5 Å². The van der Waals surface area contributed by atoms with E-state index < -0.39 is 11.7 Å².